The highest BCUT2D eigenvalue weighted by Crippen LogP contribution is 2.16. The van der Waals surface area contributed by atoms with Gasteiger partial charge in [-0.3, -0.25) is 4.79 Å². The Morgan fingerprint density at radius 1 is 1.12 bits per heavy atom. The minimum absolute atomic E-state index is 0.340. The average Bonchev–Trinajstić information content (AvgIpc) is 3.16. The lowest BCUT2D eigenvalue weighted by Crippen LogP contribution is -2.21. The summed E-state index contributed by atoms with van der Waals surface area (Å²) < 4.78 is 5.06. The van der Waals surface area contributed by atoms with Crippen LogP contribution in [0.2, 0.25) is 0 Å². The first-order valence-electron chi connectivity index (χ1n) is 7.76. The Morgan fingerprint density at radius 3 is 2.56 bits per heavy atom. The fourth-order valence-electron chi connectivity index (χ4n) is 2.30. The Bertz CT molecular complexity index is 871. The van der Waals surface area contributed by atoms with Crippen LogP contribution >= 0.6 is 0 Å². The van der Waals surface area contributed by atoms with Crippen molar-refractivity contribution in [1.82, 2.24) is 9.97 Å². The van der Waals surface area contributed by atoms with Crippen molar-refractivity contribution in [2.45, 2.75) is 6.92 Å². The number of esters is 1. The van der Waals surface area contributed by atoms with Gasteiger partial charge >= 0.3 is 5.97 Å². The number of aromatic amines is 1. The molecule has 6 nitrogen and oxygen atoms in total. The first-order chi connectivity index (χ1) is 12.1. The number of para-hydroxylation sites is 1. The Kier molecular flexibility index (Phi) is 4.89. The summed E-state index contributed by atoms with van der Waals surface area (Å²) in [5.74, 6) is -0.210. The van der Waals surface area contributed by atoms with Gasteiger partial charge in [-0.2, -0.15) is 0 Å². The van der Waals surface area contributed by atoms with Gasteiger partial charge in [0, 0.05) is 23.6 Å². The standard InChI is InChI=1S/C19H17N3O3/c1-13-4-2-3-5-16(13)22-17(23)12-25-19(24)15-8-6-14(7-9-15)18-20-10-11-21-18/h2-11H,12H2,1H3,(H,20,21)(H,22,23). The molecular formula is C19H17N3O3. The van der Waals surface area contributed by atoms with E-state index in [0.717, 1.165) is 17.0 Å². The van der Waals surface area contributed by atoms with Gasteiger partial charge in [0.15, 0.2) is 6.61 Å². The molecule has 0 atom stereocenters. The normalized spacial score (nSPS) is 10.3. The summed E-state index contributed by atoms with van der Waals surface area (Å²) in [6.45, 7) is 1.55. The van der Waals surface area contributed by atoms with Crippen molar-refractivity contribution in [2.75, 3.05) is 11.9 Å². The molecule has 2 aromatic carbocycles. The smallest absolute Gasteiger partial charge is 0.338 e. The summed E-state index contributed by atoms with van der Waals surface area (Å²) in [5, 5.41) is 2.72. The highest BCUT2D eigenvalue weighted by Gasteiger charge is 2.11. The number of carbonyl (C=O) groups excluding carboxylic acids is 2. The molecule has 0 bridgehead atoms. The van der Waals surface area contributed by atoms with E-state index in [2.05, 4.69) is 15.3 Å². The molecule has 1 heterocycles. The zero-order valence-electron chi connectivity index (χ0n) is 13.7. The average molecular weight is 335 g/mol. The molecule has 0 unspecified atom stereocenters. The molecule has 0 saturated carbocycles. The largest absolute Gasteiger partial charge is 0.452 e. The minimum Gasteiger partial charge on any atom is -0.452 e. The number of rotatable bonds is 5. The van der Waals surface area contributed by atoms with E-state index in [4.69, 9.17) is 4.74 Å². The predicted octanol–water partition coefficient (Wildman–Crippen LogP) is 3.18. The molecule has 0 aliphatic heterocycles. The number of aromatic nitrogens is 2. The number of hydrogen-bond acceptors (Lipinski definition) is 4. The summed E-state index contributed by atoms with van der Waals surface area (Å²) in [6.07, 6.45) is 3.38. The summed E-state index contributed by atoms with van der Waals surface area (Å²) in [7, 11) is 0. The third kappa shape index (κ3) is 4.11. The van der Waals surface area contributed by atoms with Crippen LogP contribution in [0.25, 0.3) is 11.4 Å². The second kappa shape index (κ2) is 7.44. The van der Waals surface area contributed by atoms with Crippen LogP contribution in [0, 0.1) is 6.92 Å². The van der Waals surface area contributed by atoms with E-state index in [1.807, 2.05) is 25.1 Å². The SMILES string of the molecule is Cc1ccccc1NC(=O)COC(=O)c1ccc(-c2ncc[nH]2)cc1. The Hall–Kier alpha value is -3.41. The van der Waals surface area contributed by atoms with Crippen molar-refractivity contribution < 1.29 is 14.3 Å². The number of aryl methyl sites for hydroxylation is 1. The lowest BCUT2D eigenvalue weighted by molar-refractivity contribution is -0.119. The topological polar surface area (TPSA) is 84.1 Å². The maximum Gasteiger partial charge on any atom is 0.338 e. The Morgan fingerprint density at radius 2 is 1.88 bits per heavy atom. The first kappa shape index (κ1) is 16.4. The highest BCUT2D eigenvalue weighted by molar-refractivity contribution is 5.96. The second-order valence-electron chi connectivity index (χ2n) is 5.45. The van der Waals surface area contributed by atoms with Gasteiger partial charge in [-0.05, 0) is 30.7 Å². The molecule has 0 saturated heterocycles. The number of amides is 1. The van der Waals surface area contributed by atoms with Crippen LogP contribution in [-0.2, 0) is 9.53 Å². The van der Waals surface area contributed by atoms with Crippen LogP contribution in [0.1, 0.15) is 15.9 Å². The van der Waals surface area contributed by atoms with Gasteiger partial charge in [-0.25, -0.2) is 9.78 Å². The maximum atomic E-state index is 12.0. The number of ether oxygens (including phenoxy) is 1. The molecule has 0 radical (unpaired) electrons. The number of nitrogens with zero attached hydrogens (tertiary/aromatic N) is 1. The quantitative estimate of drug-likeness (QED) is 0.701. The molecule has 0 aliphatic rings. The third-order valence-electron chi connectivity index (χ3n) is 3.65. The number of benzene rings is 2. The van der Waals surface area contributed by atoms with Crippen LogP contribution in [0.5, 0.6) is 0 Å². The predicted molar refractivity (Wildman–Crippen MR) is 94.1 cm³/mol. The molecule has 126 valence electrons. The zero-order chi connectivity index (χ0) is 17.6. The number of carbonyl (C=O) groups is 2. The Balaban J connectivity index is 1.55. The fourth-order valence-corrected chi connectivity index (χ4v) is 2.30. The van der Waals surface area contributed by atoms with E-state index < -0.39 is 5.97 Å². The van der Waals surface area contributed by atoms with E-state index in [9.17, 15) is 9.59 Å². The molecule has 1 amide bonds. The lowest BCUT2D eigenvalue weighted by atomic mass is 10.1. The first-order valence-corrected chi connectivity index (χ1v) is 7.76. The van der Waals surface area contributed by atoms with Crippen molar-refractivity contribution in [3.05, 3.63) is 72.1 Å². The van der Waals surface area contributed by atoms with Crippen molar-refractivity contribution >= 4 is 17.6 Å². The molecule has 1 aromatic heterocycles. The molecule has 0 fully saturated rings. The van der Waals surface area contributed by atoms with Gasteiger partial charge < -0.3 is 15.0 Å². The van der Waals surface area contributed by atoms with Crippen LogP contribution in [0.15, 0.2) is 60.9 Å². The Labute approximate surface area is 144 Å². The number of nitrogens with one attached hydrogen (secondary N) is 2. The zero-order valence-corrected chi connectivity index (χ0v) is 13.7. The van der Waals surface area contributed by atoms with Crippen molar-refractivity contribution in [2.24, 2.45) is 0 Å². The number of imidazole rings is 1. The van der Waals surface area contributed by atoms with Crippen molar-refractivity contribution in [3.8, 4) is 11.4 Å². The molecule has 3 rings (SSSR count). The van der Waals surface area contributed by atoms with Crippen LogP contribution in [0.4, 0.5) is 5.69 Å². The van der Waals surface area contributed by atoms with E-state index in [-0.39, 0.29) is 12.5 Å². The van der Waals surface area contributed by atoms with Gasteiger partial charge in [0.1, 0.15) is 5.82 Å². The monoisotopic (exact) mass is 335 g/mol. The number of hydrogen-bond donors (Lipinski definition) is 2. The summed E-state index contributed by atoms with van der Waals surface area (Å²) in [6, 6.07) is 14.2. The molecule has 0 aliphatic carbocycles. The molecule has 25 heavy (non-hydrogen) atoms. The summed E-state index contributed by atoms with van der Waals surface area (Å²) in [4.78, 5) is 31.1. The summed E-state index contributed by atoms with van der Waals surface area (Å²) in [5.41, 5.74) is 2.87. The molecule has 6 heteroatoms. The summed E-state index contributed by atoms with van der Waals surface area (Å²) >= 11 is 0. The molecular weight excluding hydrogens is 318 g/mol. The van der Waals surface area contributed by atoms with Gasteiger partial charge in [-0.15, -0.1) is 0 Å². The van der Waals surface area contributed by atoms with Crippen molar-refractivity contribution in [1.29, 1.82) is 0 Å². The van der Waals surface area contributed by atoms with Gasteiger partial charge in [0.05, 0.1) is 5.56 Å². The number of H-pyrrole nitrogens is 1. The van der Waals surface area contributed by atoms with E-state index >= 15 is 0 Å². The van der Waals surface area contributed by atoms with E-state index in [1.54, 1.807) is 42.7 Å². The third-order valence-corrected chi connectivity index (χ3v) is 3.65. The van der Waals surface area contributed by atoms with Crippen LogP contribution < -0.4 is 5.32 Å². The molecule has 2 N–H and O–H groups in total. The lowest BCUT2D eigenvalue weighted by Gasteiger charge is -2.09. The highest BCUT2D eigenvalue weighted by atomic mass is 16.5. The van der Waals surface area contributed by atoms with E-state index in [0.29, 0.717) is 11.3 Å². The molecule has 3 aromatic rings. The fraction of sp³-hybridized carbons (Fsp3) is 0.105. The number of anilines is 1. The molecule has 0 spiro atoms. The second-order valence-corrected chi connectivity index (χ2v) is 5.45. The van der Waals surface area contributed by atoms with E-state index in [1.165, 1.54) is 0 Å². The van der Waals surface area contributed by atoms with Gasteiger partial charge in [0.25, 0.3) is 5.91 Å². The van der Waals surface area contributed by atoms with Crippen LogP contribution in [-0.4, -0.2) is 28.5 Å². The van der Waals surface area contributed by atoms with Gasteiger partial charge in [-0.1, -0.05) is 30.3 Å². The minimum atomic E-state index is -0.550. The van der Waals surface area contributed by atoms with Crippen LogP contribution in [0.3, 0.4) is 0 Å². The van der Waals surface area contributed by atoms with Crippen molar-refractivity contribution in [3.63, 3.8) is 0 Å². The van der Waals surface area contributed by atoms with Gasteiger partial charge in [0.2, 0.25) is 0 Å². The maximum absolute atomic E-state index is 12.0.